The van der Waals surface area contributed by atoms with Gasteiger partial charge in [0.05, 0.1) is 27.1 Å². The summed E-state index contributed by atoms with van der Waals surface area (Å²) in [5.74, 6) is -0.994. The molecule has 0 aliphatic heterocycles. The molecule has 3 heteroatoms. The highest BCUT2D eigenvalue weighted by Crippen LogP contribution is 2.10. The van der Waals surface area contributed by atoms with Crippen molar-refractivity contribution in [1.82, 2.24) is 0 Å². The molecule has 0 unspecified atom stereocenters. The van der Waals surface area contributed by atoms with Gasteiger partial charge in [0.15, 0.2) is 0 Å². The van der Waals surface area contributed by atoms with Crippen LogP contribution in [0.15, 0.2) is 30.3 Å². The lowest BCUT2D eigenvalue weighted by atomic mass is 10.0. The number of carboxylic acid groups (broad SMARTS) is 1. The minimum atomic E-state index is -0.994. The van der Waals surface area contributed by atoms with E-state index in [1.807, 2.05) is 51.5 Å². The lowest BCUT2D eigenvalue weighted by Gasteiger charge is -2.34. The molecule has 0 aliphatic rings. The quantitative estimate of drug-likeness (QED) is 0.655. The van der Waals surface area contributed by atoms with E-state index in [-0.39, 0.29) is 0 Å². The third-order valence-electron chi connectivity index (χ3n) is 2.48. The summed E-state index contributed by atoms with van der Waals surface area (Å²) in [6.45, 7) is 0. The maximum Gasteiger partial charge on any atom is 0.133 e. The van der Waals surface area contributed by atoms with Crippen molar-refractivity contribution in [1.29, 1.82) is 0 Å². The summed E-state index contributed by atoms with van der Waals surface area (Å²) >= 11 is 0. The van der Waals surface area contributed by atoms with Crippen LogP contribution in [0.5, 0.6) is 0 Å². The van der Waals surface area contributed by atoms with Gasteiger partial charge in [-0.2, -0.15) is 0 Å². The number of carbonyl (C=O) groups excluding carboxylic acids is 1. The fourth-order valence-corrected chi connectivity index (χ4v) is 1.51. The van der Waals surface area contributed by atoms with E-state index < -0.39 is 12.0 Å². The van der Waals surface area contributed by atoms with Crippen LogP contribution >= 0.6 is 0 Å². The van der Waals surface area contributed by atoms with Crippen molar-refractivity contribution in [3.05, 3.63) is 35.9 Å². The van der Waals surface area contributed by atoms with Crippen molar-refractivity contribution in [3.63, 3.8) is 0 Å². The number of quaternary nitrogens is 1. The molecule has 0 radical (unpaired) electrons. The molecule has 82 valence electrons. The molecule has 0 N–H and O–H groups in total. The van der Waals surface area contributed by atoms with Crippen LogP contribution in [0.25, 0.3) is 0 Å². The predicted molar refractivity (Wildman–Crippen MR) is 57.0 cm³/mol. The Morgan fingerprint density at radius 1 is 1.27 bits per heavy atom. The van der Waals surface area contributed by atoms with Crippen LogP contribution in [0.3, 0.4) is 0 Å². The average Bonchev–Trinajstić information content (AvgIpc) is 2.13. The molecule has 15 heavy (non-hydrogen) atoms. The topological polar surface area (TPSA) is 40.1 Å². The maximum absolute atomic E-state index is 11.0. The molecule has 1 atom stereocenters. The van der Waals surface area contributed by atoms with Gasteiger partial charge < -0.3 is 14.4 Å². The van der Waals surface area contributed by atoms with Gasteiger partial charge in [0.25, 0.3) is 0 Å². The summed E-state index contributed by atoms with van der Waals surface area (Å²) in [7, 11) is 5.59. The molecular weight excluding hydrogens is 190 g/mol. The van der Waals surface area contributed by atoms with Crippen LogP contribution in [0.4, 0.5) is 0 Å². The number of carboxylic acids is 1. The van der Waals surface area contributed by atoms with E-state index in [0.29, 0.717) is 10.9 Å². The highest BCUT2D eigenvalue weighted by atomic mass is 16.4. The smallest absolute Gasteiger partial charge is 0.133 e. The second-order valence-corrected chi connectivity index (χ2v) is 4.64. The largest absolute Gasteiger partial charge is 0.544 e. The van der Waals surface area contributed by atoms with Gasteiger partial charge in [-0.15, -0.1) is 0 Å². The van der Waals surface area contributed by atoms with E-state index in [2.05, 4.69) is 0 Å². The van der Waals surface area contributed by atoms with Crippen LogP contribution in [-0.4, -0.2) is 37.6 Å². The summed E-state index contributed by atoms with van der Waals surface area (Å²) in [5, 5.41) is 11.0. The Morgan fingerprint density at radius 2 is 1.80 bits per heavy atom. The Balaban J connectivity index is 2.82. The van der Waals surface area contributed by atoms with Crippen molar-refractivity contribution in [3.8, 4) is 0 Å². The van der Waals surface area contributed by atoms with Gasteiger partial charge in [-0.3, -0.25) is 0 Å². The lowest BCUT2D eigenvalue weighted by Crippen LogP contribution is -2.55. The zero-order valence-electron chi connectivity index (χ0n) is 9.43. The molecule has 0 aromatic heterocycles. The molecule has 0 heterocycles. The van der Waals surface area contributed by atoms with Crippen molar-refractivity contribution in [2.45, 2.75) is 12.5 Å². The summed E-state index contributed by atoms with van der Waals surface area (Å²) in [5.41, 5.74) is 1.03. The van der Waals surface area contributed by atoms with Crippen LogP contribution in [0, 0.1) is 0 Å². The Hall–Kier alpha value is -1.35. The minimum absolute atomic E-state index is 0.372. The SMILES string of the molecule is C[N+](C)(C)[C@H](Cc1ccccc1)C(=O)[O-]. The Kier molecular flexibility index (Phi) is 3.48. The van der Waals surface area contributed by atoms with Crippen LogP contribution in [-0.2, 0) is 11.2 Å². The summed E-state index contributed by atoms with van der Waals surface area (Å²) in [6.07, 6.45) is 0.507. The molecule has 1 rings (SSSR count). The second-order valence-electron chi connectivity index (χ2n) is 4.64. The number of hydrogen-bond acceptors (Lipinski definition) is 2. The number of hydrogen-bond donors (Lipinski definition) is 0. The maximum atomic E-state index is 11.0. The fourth-order valence-electron chi connectivity index (χ4n) is 1.51. The number of rotatable bonds is 4. The minimum Gasteiger partial charge on any atom is -0.544 e. The fraction of sp³-hybridized carbons (Fsp3) is 0.417. The highest BCUT2D eigenvalue weighted by molar-refractivity contribution is 5.70. The number of carbonyl (C=O) groups is 1. The van der Waals surface area contributed by atoms with Gasteiger partial charge in [-0.1, -0.05) is 30.3 Å². The van der Waals surface area contributed by atoms with E-state index in [9.17, 15) is 9.90 Å². The third-order valence-corrected chi connectivity index (χ3v) is 2.48. The van der Waals surface area contributed by atoms with Crippen LogP contribution in [0.1, 0.15) is 5.56 Å². The van der Waals surface area contributed by atoms with Gasteiger partial charge in [0.1, 0.15) is 6.04 Å². The van der Waals surface area contributed by atoms with Crippen molar-refractivity contribution < 1.29 is 14.4 Å². The molecule has 1 aromatic carbocycles. The number of aliphatic carboxylic acids is 1. The van der Waals surface area contributed by atoms with Gasteiger partial charge in [0.2, 0.25) is 0 Å². The third kappa shape index (κ3) is 3.36. The molecule has 0 aliphatic carbocycles. The van der Waals surface area contributed by atoms with Gasteiger partial charge >= 0.3 is 0 Å². The first-order valence-corrected chi connectivity index (χ1v) is 4.97. The van der Waals surface area contributed by atoms with E-state index in [1.54, 1.807) is 0 Å². The zero-order valence-corrected chi connectivity index (χ0v) is 9.43. The average molecular weight is 207 g/mol. The Labute approximate surface area is 90.5 Å². The normalized spacial score (nSPS) is 13.5. The van der Waals surface area contributed by atoms with Crippen molar-refractivity contribution in [2.24, 2.45) is 0 Å². The molecule has 0 bridgehead atoms. The first kappa shape index (κ1) is 11.7. The second kappa shape index (κ2) is 4.45. The molecular formula is C12H17NO2. The molecule has 3 nitrogen and oxygen atoms in total. The number of likely N-dealkylation sites (N-methyl/N-ethyl adjacent to an activating group) is 1. The van der Waals surface area contributed by atoms with Gasteiger partial charge in [-0.05, 0) is 5.56 Å². The van der Waals surface area contributed by atoms with Crippen LogP contribution < -0.4 is 5.11 Å². The van der Waals surface area contributed by atoms with E-state index in [0.717, 1.165) is 5.56 Å². The standard InChI is InChI=1S/C12H17NO2/c1-13(2,3)11(12(14)15)9-10-7-5-4-6-8-10/h4-8,11H,9H2,1-3H3/t11-/m1/s1. The van der Waals surface area contributed by atoms with Crippen LogP contribution in [0.2, 0.25) is 0 Å². The molecule has 0 saturated heterocycles. The molecule has 0 fully saturated rings. The summed E-state index contributed by atoms with van der Waals surface area (Å²) in [4.78, 5) is 11.0. The summed E-state index contributed by atoms with van der Waals surface area (Å²) in [6, 6.07) is 9.11. The lowest BCUT2D eigenvalue weighted by molar-refractivity contribution is -0.889. The van der Waals surface area contributed by atoms with E-state index >= 15 is 0 Å². The number of benzene rings is 1. The molecule has 0 saturated carbocycles. The van der Waals surface area contributed by atoms with Gasteiger partial charge in [0, 0.05) is 6.42 Å². The number of nitrogens with zero attached hydrogens (tertiary/aromatic N) is 1. The van der Waals surface area contributed by atoms with Crippen molar-refractivity contribution in [2.75, 3.05) is 21.1 Å². The van der Waals surface area contributed by atoms with Crippen molar-refractivity contribution >= 4 is 5.97 Å². The van der Waals surface area contributed by atoms with E-state index in [1.165, 1.54) is 0 Å². The van der Waals surface area contributed by atoms with E-state index in [4.69, 9.17) is 0 Å². The highest BCUT2D eigenvalue weighted by Gasteiger charge is 2.25. The first-order valence-electron chi connectivity index (χ1n) is 4.97. The molecule has 0 amide bonds. The Morgan fingerprint density at radius 3 is 2.20 bits per heavy atom. The monoisotopic (exact) mass is 207 g/mol. The first-order chi connectivity index (χ1) is 6.91. The molecule has 1 aromatic rings. The zero-order chi connectivity index (χ0) is 11.5. The van der Waals surface area contributed by atoms with Gasteiger partial charge in [-0.25, -0.2) is 0 Å². The molecule has 0 spiro atoms. The predicted octanol–water partition coefficient (Wildman–Crippen LogP) is 0.0538. The summed E-state index contributed by atoms with van der Waals surface area (Å²) < 4.78 is 0.372. The Bertz CT molecular complexity index is 327.